The standard InChI is InChI=1S/C16H25FN2/c1-15(2)9-6-10-16(15,12-18)19(3)11-13-7-4-5-8-14(13)17/h4-5,7-8H,6,9-12,18H2,1-3H3. The first-order valence-corrected chi connectivity index (χ1v) is 7.08. The quantitative estimate of drug-likeness (QED) is 0.905. The van der Waals surface area contributed by atoms with Crippen molar-refractivity contribution in [3.8, 4) is 0 Å². The van der Waals surface area contributed by atoms with Crippen LogP contribution in [0.2, 0.25) is 0 Å². The van der Waals surface area contributed by atoms with E-state index in [1.807, 2.05) is 12.1 Å². The zero-order valence-electron chi connectivity index (χ0n) is 12.2. The highest BCUT2D eigenvalue weighted by Crippen LogP contribution is 2.48. The van der Waals surface area contributed by atoms with Gasteiger partial charge in [-0.1, -0.05) is 38.5 Å². The minimum atomic E-state index is -0.127. The average Bonchev–Trinajstić information content (AvgIpc) is 2.68. The second kappa shape index (κ2) is 5.22. The van der Waals surface area contributed by atoms with Gasteiger partial charge in [-0.3, -0.25) is 4.90 Å². The number of nitrogens with zero attached hydrogens (tertiary/aromatic N) is 1. The van der Waals surface area contributed by atoms with E-state index in [4.69, 9.17) is 5.73 Å². The highest BCUT2D eigenvalue weighted by molar-refractivity contribution is 5.18. The predicted octanol–water partition coefficient (Wildman–Crippen LogP) is 3.17. The van der Waals surface area contributed by atoms with Crippen molar-refractivity contribution in [1.82, 2.24) is 4.90 Å². The van der Waals surface area contributed by atoms with E-state index in [0.29, 0.717) is 13.1 Å². The van der Waals surface area contributed by atoms with E-state index >= 15 is 0 Å². The molecular weight excluding hydrogens is 239 g/mol. The molecule has 0 spiro atoms. The first kappa shape index (κ1) is 14.5. The summed E-state index contributed by atoms with van der Waals surface area (Å²) < 4.78 is 13.8. The molecule has 0 heterocycles. The first-order chi connectivity index (χ1) is 8.93. The molecule has 1 unspecified atom stereocenters. The fourth-order valence-corrected chi connectivity index (χ4v) is 3.67. The molecule has 1 aliphatic carbocycles. The summed E-state index contributed by atoms with van der Waals surface area (Å²) in [5.74, 6) is -0.127. The molecule has 2 rings (SSSR count). The maximum absolute atomic E-state index is 13.8. The van der Waals surface area contributed by atoms with Gasteiger partial charge in [-0.2, -0.15) is 0 Å². The van der Waals surface area contributed by atoms with Crippen molar-refractivity contribution < 1.29 is 4.39 Å². The Kier molecular flexibility index (Phi) is 3.98. The minimum Gasteiger partial charge on any atom is -0.329 e. The van der Waals surface area contributed by atoms with E-state index in [2.05, 4.69) is 25.8 Å². The van der Waals surface area contributed by atoms with E-state index in [-0.39, 0.29) is 16.8 Å². The van der Waals surface area contributed by atoms with Crippen LogP contribution in [0.5, 0.6) is 0 Å². The molecule has 1 aromatic rings. The molecule has 2 N–H and O–H groups in total. The average molecular weight is 264 g/mol. The summed E-state index contributed by atoms with van der Waals surface area (Å²) in [6.45, 7) is 5.81. The maximum atomic E-state index is 13.8. The summed E-state index contributed by atoms with van der Waals surface area (Å²) in [7, 11) is 2.08. The molecule has 0 aliphatic heterocycles. The monoisotopic (exact) mass is 264 g/mol. The molecule has 0 aromatic heterocycles. The zero-order valence-corrected chi connectivity index (χ0v) is 12.2. The third-order valence-corrected chi connectivity index (χ3v) is 5.09. The Morgan fingerprint density at radius 3 is 2.47 bits per heavy atom. The number of halogens is 1. The van der Waals surface area contributed by atoms with E-state index in [1.165, 1.54) is 18.9 Å². The zero-order chi connectivity index (χ0) is 14.1. The van der Waals surface area contributed by atoms with E-state index in [0.717, 1.165) is 12.0 Å². The molecule has 3 heteroatoms. The van der Waals surface area contributed by atoms with Gasteiger partial charge in [-0.05, 0) is 31.4 Å². The lowest BCUT2D eigenvalue weighted by Gasteiger charge is -2.48. The largest absolute Gasteiger partial charge is 0.329 e. The third kappa shape index (κ3) is 2.41. The van der Waals surface area contributed by atoms with Crippen LogP contribution in [-0.2, 0) is 6.54 Å². The van der Waals surface area contributed by atoms with Crippen molar-refractivity contribution in [2.75, 3.05) is 13.6 Å². The molecule has 1 aliphatic rings. The summed E-state index contributed by atoms with van der Waals surface area (Å²) in [6.07, 6.45) is 3.49. The minimum absolute atomic E-state index is 0.0186. The van der Waals surface area contributed by atoms with Crippen LogP contribution in [-0.4, -0.2) is 24.0 Å². The fraction of sp³-hybridized carbons (Fsp3) is 0.625. The Morgan fingerprint density at radius 2 is 1.95 bits per heavy atom. The first-order valence-electron chi connectivity index (χ1n) is 7.08. The van der Waals surface area contributed by atoms with Crippen molar-refractivity contribution in [3.05, 3.63) is 35.6 Å². The topological polar surface area (TPSA) is 29.3 Å². The Morgan fingerprint density at radius 1 is 1.26 bits per heavy atom. The highest BCUT2D eigenvalue weighted by Gasteiger charge is 2.50. The number of hydrogen-bond acceptors (Lipinski definition) is 2. The Bertz CT molecular complexity index is 444. The normalized spacial score (nSPS) is 26.0. The van der Waals surface area contributed by atoms with Crippen LogP contribution in [0.4, 0.5) is 4.39 Å². The molecule has 1 saturated carbocycles. The van der Waals surface area contributed by atoms with Crippen LogP contribution in [0.3, 0.4) is 0 Å². The molecule has 1 aromatic carbocycles. The Hall–Kier alpha value is -0.930. The van der Waals surface area contributed by atoms with E-state index < -0.39 is 0 Å². The van der Waals surface area contributed by atoms with Crippen molar-refractivity contribution >= 4 is 0 Å². The van der Waals surface area contributed by atoms with Crippen LogP contribution in [0.15, 0.2) is 24.3 Å². The van der Waals surface area contributed by atoms with Crippen LogP contribution >= 0.6 is 0 Å². The van der Waals surface area contributed by atoms with Crippen LogP contribution in [0.25, 0.3) is 0 Å². The molecule has 0 bridgehead atoms. The van der Waals surface area contributed by atoms with Gasteiger partial charge < -0.3 is 5.73 Å². The Balaban J connectivity index is 2.23. The molecule has 106 valence electrons. The summed E-state index contributed by atoms with van der Waals surface area (Å²) in [5.41, 5.74) is 7.02. The third-order valence-electron chi connectivity index (χ3n) is 5.09. The lowest BCUT2D eigenvalue weighted by molar-refractivity contribution is 0.0269. The lowest BCUT2D eigenvalue weighted by atomic mass is 9.73. The number of hydrogen-bond donors (Lipinski definition) is 1. The summed E-state index contributed by atoms with van der Waals surface area (Å²) in [5, 5.41) is 0. The number of rotatable bonds is 4. The van der Waals surface area contributed by atoms with Gasteiger partial charge in [-0.25, -0.2) is 4.39 Å². The van der Waals surface area contributed by atoms with E-state index in [9.17, 15) is 4.39 Å². The molecule has 0 radical (unpaired) electrons. The lowest BCUT2D eigenvalue weighted by Crippen LogP contribution is -2.58. The van der Waals surface area contributed by atoms with Gasteiger partial charge in [0.2, 0.25) is 0 Å². The summed E-state index contributed by atoms with van der Waals surface area (Å²) in [6, 6.07) is 7.01. The number of nitrogens with two attached hydrogens (primary N) is 1. The van der Waals surface area contributed by atoms with Crippen molar-refractivity contribution in [2.24, 2.45) is 11.1 Å². The molecular formula is C16H25FN2. The highest BCUT2D eigenvalue weighted by atomic mass is 19.1. The predicted molar refractivity (Wildman–Crippen MR) is 77.3 cm³/mol. The number of benzene rings is 1. The van der Waals surface area contributed by atoms with E-state index in [1.54, 1.807) is 6.07 Å². The fourth-order valence-electron chi connectivity index (χ4n) is 3.67. The van der Waals surface area contributed by atoms with Gasteiger partial charge in [-0.15, -0.1) is 0 Å². The SMILES string of the molecule is CN(Cc1ccccc1F)C1(CN)CCCC1(C)C. The van der Waals surface area contributed by atoms with Crippen LogP contribution in [0, 0.1) is 11.2 Å². The molecule has 1 fully saturated rings. The second-order valence-electron chi connectivity index (χ2n) is 6.42. The van der Waals surface area contributed by atoms with Crippen LogP contribution in [0.1, 0.15) is 38.7 Å². The summed E-state index contributed by atoms with van der Waals surface area (Å²) >= 11 is 0. The van der Waals surface area contributed by atoms with Gasteiger partial charge in [0, 0.05) is 24.2 Å². The van der Waals surface area contributed by atoms with Gasteiger partial charge in [0.1, 0.15) is 5.82 Å². The maximum Gasteiger partial charge on any atom is 0.127 e. The van der Waals surface area contributed by atoms with Gasteiger partial charge >= 0.3 is 0 Å². The van der Waals surface area contributed by atoms with Crippen molar-refractivity contribution in [2.45, 2.75) is 45.2 Å². The molecule has 19 heavy (non-hydrogen) atoms. The second-order valence-corrected chi connectivity index (χ2v) is 6.42. The summed E-state index contributed by atoms with van der Waals surface area (Å²) in [4.78, 5) is 2.26. The van der Waals surface area contributed by atoms with Gasteiger partial charge in [0.25, 0.3) is 0 Å². The smallest absolute Gasteiger partial charge is 0.127 e. The van der Waals surface area contributed by atoms with Gasteiger partial charge in [0.05, 0.1) is 0 Å². The van der Waals surface area contributed by atoms with Gasteiger partial charge in [0.15, 0.2) is 0 Å². The number of likely N-dealkylation sites (N-methyl/N-ethyl adjacent to an activating group) is 1. The Labute approximate surface area is 115 Å². The molecule has 2 nitrogen and oxygen atoms in total. The van der Waals surface area contributed by atoms with Crippen LogP contribution < -0.4 is 5.73 Å². The molecule has 0 saturated heterocycles. The van der Waals surface area contributed by atoms with Crippen molar-refractivity contribution in [3.63, 3.8) is 0 Å². The molecule has 0 amide bonds. The van der Waals surface area contributed by atoms with Crippen molar-refractivity contribution in [1.29, 1.82) is 0 Å². The molecule has 1 atom stereocenters.